The normalized spacial score (nSPS) is 11.6. The SMILES string of the molecule is O=S(=O)(NCc1ccsc1)c1cccc(Cl)c1. The van der Waals surface area contributed by atoms with Crippen LogP contribution in [-0.2, 0) is 16.6 Å². The Bertz CT molecular complexity index is 594. The van der Waals surface area contributed by atoms with E-state index in [1.165, 1.54) is 23.5 Å². The minimum atomic E-state index is -3.49. The number of benzene rings is 1. The van der Waals surface area contributed by atoms with Gasteiger partial charge in [0.15, 0.2) is 0 Å². The summed E-state index contributed by atoms with van der Waals surface area (Å²) >= 11 is 7.29. The zero-order valence-corrected chi connectivity index (χ0v) is 11.1. The van der Waals surface area contributed by atoms with Crippen molar-refractivity contribution in [1.82, 2.24) is 4.72 Å². The van der Waals surface area contributed by atoms with Gasteiger partial charge in [-0.1, -0.05) is 17.7 Å². The molecule has 2 aromatic rings. The van der Waals surface area contributed by atoms with Crippen LogP contribution in [0.4, 0.5) is 0 Å². The maximum atomic E-state index is 11.9. The van der Waals surface area contributed by atoms with Gasteiger partial charge in [0, 0.05) is 11.6 Å². The third-order valence-electron chi connectivity index (χ3n) is 2.15. The zero-order valence-electron chi connectivity index (χ0n) is 8.76. The molecule has 3 nitrogen and oxygen atoms in total. The molecule has 0 bridgehead atoms. The summed E-state index contributed by atoms with van der Waals surface area (Å²) in [6, 6.07) is 8.07. The molecule has 2 rings (SSSR count). The van der Waals surface area contributed by atoms with E-state index in [9.17, 15) is 8.42 Å². The molecule has 0 saturated heterocycles. The minimum absolute atomic E-state index is 0.181. The summed E-state index contributed by atoms with van der Waals surface area (Å²) in [5, 5.41) is 4.21. The Morgan fingerprint density at radius 3 is 2.76 bits per heavy atom. The van der Waals surface area contributed by atoms with E-state index in [-0.39, 0.29) is 4.90 Å². The molecule has 0 amide bonds. The second-order valence-corrected chi connectivity index (χ2v) is 6.40. The number of nitrogens with one attached hydrogen (secondary N) is 1. The van der Waals surface area contributed by atoms with Crippen molar-refractivity contribution >= 4 is 33.0 Å². The number of sulfonamides is 1. The van der Waals surface area contributed by atoms with Gasteiger partial charge in [-0.25, -0.2) is 13.1 Å². The van der Waals surface area contributed by atoms with Crippen LogP contribution < -0.4 is 4.72 Å². The molecule has 0 radical (unpaired) electrons. The lowest BCUT2D eigenvalue weighted by molar-refractivity contribution is 0.581. The van der Waals surface area contributed by atoms with Gasteiger partial charge in [0.05, 0.1) is 4.90 Å². The van der Waals surface area contributed by atoms with Crippen molar-refractivity contribution in [2.24, 2.45) is 0 Å². The van der Waals surface area contributed by atoms with Crippen LogP contribution in [0.15, 0.2) is 46.0 Å². The summed E-state index contributed by atoms with van der Waals surface area (Å²) in [6.07, 6.45) is 0. The Labute approximate surface area is 109 Å². The summed E-state index contributed by atoms with van der Waals surface area (Å²) in [7, 11) is -3.49. The van der Waals surface area contributed by atoms with Crippen LogP contribution in [0.1, 0.15) is 5.56 Å². The molecule has 0 aliphatic carbocycles. The van der Waals surface area contributed by atoms with Gasteiger partial charge in [-0.2, -0.15) is 11.3 Å². The number of hydrogen-bond donors (Lipinski definition) is 1. The van der Waals surface area contributed by atoms with E-state index >= 15 is 0 Å². The topological polar surface area (TPSA) is 46.2 Å². The van der Waals surface area contributed by atoms with E-state index in [4.69, 9.17) is 11.6 Å². The van der Waals surface area contributed by atoms with Gasteiger partial charge in [-0.05, 0) is 40.6 Å². The third-order valence-corrected chi connectivity index (χ3v) is 4.52. The van der Waals surface area contributed by atoms with E-state index in [2.05, 4.69) is 4.72 Å². The maximum Gasteiger partial charge on any atom is 0.240 e. The molecular weight excluding hydrogens is 278 g/mol. The first-order chi connectivity index (χ1) is 8.08. The molecule has 90 valence electrons. The molecule has 6 heteroatoms. The number of hydrogen-bond acceptors (Lipinski definition) is 3. The molecule has 0 unspecified atom stereocenters. The van der Waals surface area contributed by atoms with Crippen molar-refractivity contribution in [3.63, 3.8) is 0 Å². The van der Waals surface area contributed by atoms with Crippen LogP contribution in [0.3, 0.4) is 0 Å². The predicted octanol–water partition coefficient (Wildman–Crippen LogP) is 2.88. The molecule has 0 spiro atoms. The van der Waals surface area contributed by atoms with Gasteiger partial charge < -0.3 is 0 Å². The number of thiophene rings is 1. The smallest absolute Gasteiger partial charge is 0.207 e. The first-order valence-corrected chi connectivity index (χ1v) is 7.65. The lowest BCUT2D eigenvalue weighted by Gasteiger charge is -2.05. The van der Waals surface area contributed by atoms with Crippen molar-refractivity contribution in [3.05, 3.63) is 51.7 Å². The molecule has 0 saturated carbocycles. The predicted molar refractivity (Wildman–Crippen MR) is 69.8 cm³/mol. The molecule has 0 aliphatic heterocycles. The summed E-state index contributed by atoms with van der Waals surface area (Å²) in [6.45, 7) is 0.290. The fourth-order valence-electron chi connectivity index (χ4n) is 1.29. The highest BCUT2D eigenvalue weighted by molar-refractivity contribution is 7.89. The number of rotatable bonds is 4. The van der Waals surface area contributed by atoms with Crippen molar-refractivity contribution in [1.29, 1.82) is 0 Å². The fourth-order valence-corrected chi connectivity index (χ4v) is 3.28. The standard InChI is InChI=1S/C11H10ClNO2S2/c12-10-2-1-3-11(6-10)17(14,15)13-7-9-4-5-16-8-9/h1-6,8,13H,7H2. The highest BCUT2D eigenvalue weighted by Crippen LogP contribution is 2.15. The Morgan fingerprint density at radius 1 is 1.29 bits per heavy atom. The molecule has 0 aliphatic rings. The lowest BCUT2D eigenvalue weighted by atomic mass is 10.4. The van der Waals surface area contributed by atoms with Crippen molar-refractivity contribution < 1.29 is 8.42 Å². The average Bonchev–Trinajstić information content (AvgIpc) is 2.79. The Balaban J connectivity index is 2.14. The third kappa shape index (κ3) is 3.29. The Kier molecular flexibility index (Phi) is 3.83. The van der Waals surface area contributed by atoms with Gasteiger partial charge in [0.25, 0.3) is 0 Å². The molecule has 1 heterocycles. The quantitative estimate of drug-likeness (QED) is 0.940. The van der Waals surface area contributed by atoms with Crippen molar-refractivity contribution in [2.45, 2.75) is 11.4 Å². The first-order valence-electron chi connectivity index (χ1n) is 4.84. The largest absolute Gasteiger partial charge is 0.240 e. The highest BCUT2D eigenvalue weighted by atomic mass is 35.5. The molecule has 0 fully saturated rings. The van der Waals surface area contributed by atoms with Gasteiger partial charge in [0.1, 0.15) is 0 Å². The summed E-state index contributed by atoms with van der Waals surface area (Å²) in [5.74, 6) is 0. The van der Waals surface area contributed by atoms with Crippen LogP contribution in [0.5, 0.6) is 0 Å². The molecule has 1 N–H and O–H groups in total. The Morgan fingerprint density at radius 2 is 2.12 bits per heavy atom. The van der Waals surface area contributed by atoms with Crippen molar-refractivity contribution in [3.8, 4) is 0 Å². The monoisotopic (exact) mass is 287 g/mol. The Hall–Kier alpha value is -0.880. The van der Waals surface area contributed by atoms with E-state index in [1.807, 2.05) is 16.8 Å². The first kappa shape index (κ1) is 12.6. The second-order valence-electron chi connectivity index (χ2n) is 3.41. The van der Waals surface area contributed by atoms with E-state index in [1.54, 1.807) is 12.1 Å². The van der Waals surface area contributed by atoms with Gasteiger partial charge in [0.2, 0.25) is 10.0 Å². The molecule has 1 aromatic carbocycles. The van der Waals surface area contributed by atoms with E-state index in [0.717, 1.165) is 5.56 Å². The van der Waals surface area contributed by atoms with Crippen molar-refractivity contribution in [2.75, 3.05) is 0 Å². The van der Waals surface area contributed by atoms with Gasteiger partial charge in [-0.15, -0.1) is 0 Å². The lowest BCUT2D eigenvalue weighted by Crippen LogP contribution is -2.22. The summed E-state index contributed by atoms with van der Waals surface area (Å²) in [4.78, 5) is 0.181. The van der Waals surface area contributed by atoms with Gasteiger partial charge >= 0.3 is 0 Å². The maximum absolute atomic E-state index is 11.9. The van der Waals surface area contributed by atoms with Crippen LogP contribution in [0, 0.1) is 0 Å². The summed E-state index contributed by atoms with van der Waals surface area (Å²) < 4.78 is 26.4. The van der Waals surface area contributed by atoms with Crippen LogP contribution in [0.2, 0.25) is 5.02 Å². The molecule has 0 atom stereocenters. The minimum Gasteiger partial charge on any atom is -0.207 e. The van der Waals surface area contributed by atoms with Crippen LogP contribution >= 0.6 is 22.9 Å². The van der Waals surface area contributed by atoms with E-state index in [0.29, 0.717) is 11.6 Å². The van der Waals surface area contributed by atoms with Gasteiger partial charge in [-0.3, -0.25) is 0 Å². The number of halogens is 1. The zero-order chi connectivity index (χ0) is 12.3. The highest BCUT2D eigenvalue weighted by Gasteiger charge is 2.13. The average molecular weight is 288 g/mol. The molecule has 17 heavy (non-hydrogen) atoms. The van der Waals surface area contributed by atoms with E-state index < -0.39 is 10.0 Å². The second kappa shape index (κ2) is 5.18. The summed E-state index contributed by atoms with van der Waals surface area (Å²) in [5.41, 5.74) is 0.945. The molecular formula is C11H10ClNO2S2. The fraction of sp³-hybridized carbons (Fsp3) is 0.0909. The van der Waals surface area contributed by atoms with Crippen LogP contribution in [-0.4, -0.2) is 8.42 Å². The van der Waals surface area contributed by atoms with Crippen LogP contribution in [0.25, 0.3) is 0 Å². The molecule has 1 aromatic heterocycles.